The van der Waals surface area contributed by atoms with Crippen LogP contribution in [0.1, 0.15) is 24.2 Å². The number of halogens is 1. The first kappa shape index (κ1) is 20.0. The lowest BCUT2D eigenvalue weighted by atomic mass is 10.2. The Kier molecular flexibility index (Phi) is 7.69. The topological polar surface area (TPSA) is 59.6 Å². The largest absolute Gasteiger partial charge is 0.491 e. The monoisotopic (exact) mass is 392 g/mol. The average Bonchev–Trinajstić information content (AvgIpc) is 2.62. The number of anilines is 1. The van der Waals surface area contributed by atoms with Gasteiger partial charge in [0.05, 0.1) is 23.2 Å². The SMILES string of the molecule is CCOC(=O)c1cc(NC(=S)N[C@@H](C)COc2ccccc2)ccc1Cl. The zero-order valence-electron chi connectivity index (χ0n) is 14.6. The maximum atomic E-state index is 11.9. The number of esters is 1. The predicted octanol–water partition coefficient (Wildman–Crippen LogP) is 4.27. The number of benzene rings is 2. The molecular formula is C19H21ClN2O3S. The summed E-state index contributed by atoms with van der Waals surface area (Å²) in [6, 6.07) is 14.5. The maximum Gasteiger partial charge on any atom is 0.339 e. The summed E-state index contributed by atoms with van der Waals surface area (Å²) in [5, 5.41) is 6.92. The number of nitrogens with one attached hydrogen (secondary N) is 2. The van der Waals surface area contributed by atoms with Crippen molar-refractivity contribution < 1.29 is 14.3 Å². The summed E-state index contributed by atoms with van der Waals surface area (Å²) in [5.41, 5.74) is 0.938. The van der Waals surface area contributed by atoms with Crippen molar-refractivity contribution in [3.05, 3.63) is 59.1 Å². The highest BCUT2D eigenvalue weighted by molar-refractivity contribution is 7.80. The molecule has 0 unspecified atom stereocenters. The van der Waals surface area contributed by atoms with E-state index in [1.807, 2.05) is 37.3 Å². The molecule has 2 aromatic rings. The molecule has 2 N–H and O–H groups in total. The van der Waals surface area contributed by atoms with E-state index in [0.29, 0.717) is 28.0 Å². The van der Waals surface area contributed by atoms with Crippen LogP contribution in [0.2, 0.25) is 5.02 Å². The van der Waals surface area contributed by atoms with Crippen molar-refractivity contribution in [1.82, 2.24) is 5.32 Å². The van der Waals surface area contributed by atoms with E-state index in [1.54, 1.807) is 25.1 Å². The van der Waals surface area contributed by atoms with Crippen molar-refractivity contribution in [3.63, 3.8) is 0 Å². The third-order valence-corrected chi connectivity index (χ3v) is 3.89. The third kappa shape index (κ3) is 6.20. The van der Waals surface area contributed by atoms with Gasteiger partial charge in [-0.2, -0.15) is 0 Å². The van der Waals surface area contributed by atoms with Gasteiger partial charge in [0.25, 0.3) is 0 Å². The van der Waals surface area contributed by atoms with Crippen molar-refractivity contribution in [1.29, 1.82) is 0 Å². The quantitative estimate of drug-likeness (QED) is 0.542. The smallest absolute Gasteiger partial charge is 0.339 e. The Morgan fingerprint density at radius 2 is 1.96 bits per heavy atom. The molecule has 0 aliphatic rings. The van der Waals surface area contributed by atoms with Gasteiger partial charge in [-0.15, -0.1) is 0 Å². The first-order chi connectivity index (χ1) is 12.5. The molecular weight excluding hydrogens is 372 g/mol. The van der Waals surface area contributed by atoms with Gasteiger partial charge >= 0.3 is 5.97 Å². The minimum Gasteiger partial charge on any atom is -0.491 e. The summed E-state index contributed by atoms with van der Waals surface area (Å²) in [7, 11) is 0. The molecule has 0 saturated carbocycles. The first-order valence-electron chi connectivity index (χ1n) is 8.21. The Bertz CT molecular complexity index is 756. The Hall–Kier alpha value is -2.31. The van der Waals surface area contributed by atoms with Crippen LogP contribution in [0.25, 0.3) is 0 Å². The summed E-state index contributed by atoms with van der Waals surface area (Å²) in [5.74, 6) is 0.335. The van der Waals surface area contributed by atoms with Crippen LogP contribution in [0.15, 0.2) is 48.5 Å². The molecule has 0 saturated heterocycles. The molecule has 0 radical (unpaired) electrons. The fourth-order valence-corrected chi connectivity index (χ4v) is 2.65. The van der Waals surface area contributed by atoms with E-state index in [2.05, 4.69) is 10.6 Å². The molecule has 2 aromatic carbocycles. The van der Waals surface area contributed by atoms with Crippen molar-refractivity contribution in [2.75, 3.05) is 18.5 Å². The number of thiocarbonyl (C=S) groups is 1. The minimum atomic E-state index is -0.468. The molecule has 0 aromatic heterocycles. The lowest BCUT2D eigenvalue weighted by molar-refractivity contribution is 0.0526. The fourth-order valence-electron chi connectivity index (χ4n) is 2.14. The van der Waals surface area contributed by atoms with Crippen LogP contribution in [0.5, 0.6) is 5.75 Å². The van der Waals surface area contributed by atoms with E-state index < -0.39 is 5.97 Å². The Morgan fingerprint density at radius 1 is 1.23 bits per heavy atom. The first-order valence-corrected chi connectivity index (χ1v) is 9.00. The third-order valence-electron chi connectivity index (χ3n) is 3.34. The summed E-state index contributed by atoms with van der Waals surface area (Å²) in [4.78, 5) is 11.9. The fraction of sp³-hybridized carbons (Fsp3) is 0.263. The summed E-state index contributed by atoms with van der Waals surface area (Å²) in [6.45, 7) is 4.45. The predicted molar refractivity (Wildman–Crippen MR) is 108 cm³/mol. The van der Waals surface area contributed by atoms with E-state index in [0.717, 1.165) is 5.75 Å². The van der Waals surface area contributed by atoms with Gasteiger partial charge in [0.15, 0.2) is 5.11 Å². The van der Waals surface area contributed by atoms with Crippen LogP contribution in [0.4, 0.5) is 5.69 Å². The number of carbonyl (C=O) groups excluding carboxylic acids is 1. The van der Waals surface area contributed by atoms with E-state index in [-0.39, 0.29) is 12.6 Å². The molecule has 2 rings (SSSR count). The molecule has 1 atom stereocenters. The van der Waals surface area contributed by atoms with Gasteiger partial charge in [0, 0.05) is 5.69 Å². The highest BCUT2D eigenvalue weighted by atomic mass is 35.5. The highest BCUT2D eigenvalue weighted by Gasteiger charge is 2.13. The Morgan fingerprint density at radius 3 is 2.65 bits per heavy atom. The molecule has 7 heteroatoms. The maximum absolute atomic E-state index is 11.9. The second-order valence-electron chi connectivity index (χ2n) is 5.54. The van der Waals surface area contributed by atoms with Crippen LogP contribution < -0.4 is 15.4 Å². The molecule has 0 aliphatic carbocycles. The molecule has 0 amide bonds. The number of rotatable bonds is 7. The van der Waals surface area contributed by atoms with Gasteiger partial charge < -0.3 is 20.1 Å². The zero-order valence-corrected chi connectivity index (χ0v) is 16.2. The number of para-hydroxylation sites is 1. The minimum absolute atomic E-state index is 0.00738. The molecule has 0 heterocycles. The second-order valence-corrected chi connectivity index (χ2v) is 6.35. The van der Waals surface area contributed by atoms with Gasteiger partial charge in [-0.3, -0.25) is 0 Å². The number of carbonyl (C=O) groups is 1. The van der Waals surface area contributed by atoms with E-state index >= 15 is 0 Å². The lowest BCUT2D eigenvalue weighted by Crippen LogP contribution is -2.39. The summed E-state index contributed by atoms with van der Waals surface area (Å²) < 4.78 is 10.7. The molecule has 0 fully saturated rings. The molecule has 0 aliphatic heterocycles. The van der Waals surface area contributed by atoms with Crippen molar-refractivity contribution in [2.45, 2.75) is 19.9 Å². The van der Waals surface area contributed by atoms with Gasteiger partial charge in [-0.05, 0) is 56.4 Å². The van der Waals surface area contributed by atoms with Gasteiger partial charge in [0.2, 0.25) is 0 Å². The van der Waals surface area contributed by atoms with Crippen LogP contribution in [0, 0.1) is 0 Å². The normalized spacial score (nSPS) is 11.3. The van der Waals surface area contributed by atoms with Crippen molar-refractivity contribution in [2.24, 2.45) is 0 Å². The zero-order chi connectivity index (χ0) is 18.9. The summed E-state index contributed by atoms with van der Waals surface area (Å²) >= 11 is 11.4. The van der Waals surface area contributed by atoms with E-state index in [4.69, 9.17) is 33.3 Å². The second kappa shape index (κ2) is 9.99. The standard InChI is InChI=1S/C19H21ClN2O3S/c1-3-24-18(23)16-11-14(9-10-17(16)20)22-19(26)21-13(2)12-25-15-7-5-4-6-8-15/h4-11,13H,3,12H2,1-2H3,(H2,21,22,26)/t13-/m0/s1. The van der Waals surface area contributed by atoms with Crippen molar-refractivity contribution >= 4 is 40.6 Å². The van der Waals surface area contributed by atoms with Crippen LogP contribution in [-0.4, -0.2) is 30.3 Å². The molecule has 0 spiro atoms. The van der Waals surface area contributed by atoms with Crippen LogP contribution in [-0.2, 0) is 4.74 Å². The van der Waals surface area contributed by atoms with Crippen LogP contribution >= 0.6 is 23.8 Å². The number of hydrogen-bond acceptors (Lipinski definition) is 4. The van der Waals surface area contributed by atoms with E-state index in [9.17, 15) is 4.79 Å². The molecule has 0 bridgehead atoms. The Labute approximate surface area is 163 Å². The van der Waals surface area contributed by atoms with Gasteiger partial charge in [-0.1, -0.05) is 29.8 Å². The number of hydrogen-bond donors (Lipinski definition) is 2. The Balaban J connectivity index is 1.88. The van der Waals surface area contributed by atoms with Crippen molar-refractivity contribution in [3.8, 4) is 5.75 Å². The molecule has 138 valence electrons. The molecule has 5 nitrogen and oxygen atoms in total. The summed E-state index contributed by atoms with van der Waals surface area (Å²) in [6.07, 6.45) is 0. The van der Waals surface area contributed by atoms with Crippen LogP contribution in [0.3, 0.4) is 0 Å². The van der Waals surface area contributed by atoms with Gasteiger partial charge in [-0.25, -0.2) is 4.79 Å². The number of ether oxygens (including phenoxy) is 2. The van der Waals surface area contributed by atoms with E-state index in [1.165, 1.54) is 0 Å². The highest BCUT2D eigenvalue weighted by Crippen LogP contribution is 2.21. The average molecular weight is 393 g/mol. The van der Waals surface area contributed by atoms with Gasteiger partial charge in [0.1, 0.15) is 12.4 Å². The molecule has 26 heavy (non-hydrogen) atoms. The lowest BCUT2D eigenvalue weighted by Gasteiger charge is -2.18.